The molecule has 0 saturated heterocycles. The summed E-state index contributed by atoms with van der Waals surface area (Å²) in [7, 11) is 0. The van der Waals surface area contributed by atoms with Crippen molar-refractivity contribution in [1.29, 1.82) is 0 Å². The molecule has 0 radical (unpaired) electrons. The number of carbonyl (C=O) groups is 6. The van der Waals surface area contributed by atoms with Crippen molar-refractivity contribution in [2.45, 2.75) is 90.0 Å². The molecule has 2 rings (SSSR count). The van der Waals surface area contributed by atoms with Gasteiger partial charge in [0.25, 0.3) is 0 Å². The van der Waals surface area contributed by atoms with Crippen LogP contribution in [0.1, 0.15) is 72.3 Å². The highest BCUT2D eigenvalue weighted by molar-refractivity contribution is 8.14. The smallest absolute Gasteiger partial charge is 0.328 e. The van der Waals surface area contributed by atoms with Crippen LogP contribution in [0.2, 0.25) is 0 Å². The molecule has 226 valence electrons. The number of esters is 3. The lowest BCUT2D eigenvalue weighted by Crippen LogP contribution is -2.61. The highest BCUT2D eigenvalue weighted by Crippen LogP contribution is 2.32. The van der Waals surface area contributed by atoms with Crippen LogP contribution in [0.15, 0.2) is 24.3 Å². The first-order valence-electron chi connectivity index (χ1n) is 13.8. The van der Waals surface area contributed by atoms with Crippen LogP contribution >= 0.6 is 11.8 Å². The van der Waals surface area contributed by atoms with E-state index in [0.717, 1.165) is 24.6 Å². The Morgan fingerprint density at radius 2 is 1.54 bits per heavy atom. The molecule has 0 aromatic heterocycles. The SMILES string of the molecule is CCOC(=O)CC(=O)Oc1ccc(C[C@H](NC(=O)C2(NC(=O)[C@H](SC(C)=O)C(C)C)CCCC2)C(=O)OCC)cc1. The minimum atomic E-state index is -1.21. The first-order valence-corrected chi connectivity index (χ1v) is 14.7. The van der Waals surface area contributed by atoms with E-state index in [1.54, 1.807) is 26.0 Å². The monoisotopic (exact) mass is 592 g/mol. The van der Waals surface area contributed by atoms with Crippen molar-refractivity contribution < 1.29 is 43.0 Å². The average Bonchev–Trinajstić information content (AvgIpc) is 3.37. The third-order valence-electron chi connectivity index (χ3n) is 6.48. The summed E-state index contributed by atoms with van der Waals surface area (Å²) in [5.74, 6) is -2.88. The molecule has 1 aliphatic rings. The number of ether oxygens (including phenoxy) is 3. The summed E-state index contributed by atoms with van der Waals surface area (Å²) in [6.07, 6.45) is 1.82. The second-order valence-electron chi connectivity index (χ2n) is 10.1. The molecule has 0 aliphatic heterocycles. The summed E-state index contributed by atoms with van der Waals surface area (Å²) < 4.78 is 15.1. The van der Waals surface area contributed by atoms with E-state index in [1.807, 2.05) is 13.8 Å². The maximum Gasteiger partial charge on any atom is 0.328 e. The predicted octanol–water partition coefficient (Wildman–Crippen LogP) is 2.87. The summed E-state index contributed by atoms with van der Waals surface area (Å²) in [6, 6.07) is 5.25. The zero-order valence-corrected chi connectivity index (χ0v) is 25.1. The van der Waals surface area contributed by atoms with Crippen molar-refractivity contribution in [3.63, 3.8) is 0 Å². The highest BCUT2D eigenvalue weighted by Gasteiger charge is 2.45. The maximum atomic E-state index is 13.6. The zero-order chi connectivity index (χ0) is 30.6. The summed E-state index contributed by atoms with van der Waals surface area (Å²) in [5.41, 5.74) is -0.556. The second-order valence-corrected chi connectivity index (χ2v) is 11.5. The van der Waals surface area contributed by atoms with Crippen LogP contribution in [-0.4, -0.2) is 64.9 Å². The van der Waals surface area contributed by atoms with Crippen LogP contribution in [0.4, 0.5) is 0 Å². The van der Waals surface area contributed by atoms with Gasteiger partial charge in [-0.3, -0.25) is 24.0 Å². The van der Waals surface area contributed by atoms with Crippen molar-refractivity contribution >= 4 is 46.6 Å². The second kappa shape index (κ2) is 16.1. The van der Waals surface area contributed by atoms with E-state index in [9.17, 15) is 28.8 Å². The largest absolute Gasteiger partial charge is 0.466 e. The average molecular weight is 593 g/mol. The van der Waals surface area contributed by atoms with Gasteiger partial charge in [0.2, 0.25) is 11.8 Å². The van der Waals surface area contributed by atoms with Crippen LogP contribution < -0.4 is 15.4 Å². The number of amides is 2. The minimum Gasteiger partial charge on any atom is -0.466 e. The molecule has 1 saturated carbocycles. The summed E-state index contributed by atoms with van der Waals surface area (Å²) in [5, 5.41) is 4.86. The van der Waals surface area contributed by atoms with Crippen LogP contribution in [0.25, 0.3) is 0 Å². The lowest BCUT2D eigenvalue weighted by Gasteiger charge is -2.33. The van der Waals surface area contributed by atoms with Crippen molar-refractivity contribution in [3.05, 3.63) is 29.8 Å². The summed E-state index contributed by atoms with van der Waals surface area (Å²) in [6.45, 7) is 8.64. The molecule has 0 spiro atoms. The molecular weight excluding hydrogens is 552 g/mol. The number of thioether (sulfide) groups is 1. The lowest BCUT2D eigenvalue weighted by atomic mass is 9.94. The van der Waals surface area contributed by atoms with Crippen molar-refractivity contribution in [3.8, 4) is 5.75 Å². The molecule has 12 heteroatoms. The minimum absolute atomic E-state index is 0.0838. The fourth-order valence-corrected chi connectivity index (χ4v) is 5.32. The van der Waals surface area contributed by atoms with Gasteiger partial charge in [-0.05, 0) is 50.3 Å². The van der Waals surface area contributed by atoms with Crippen LogP contribution in [0.3, 0.4) is 0 Å². The molecule has 1 aromatic carbocycles. The van der Waals surface area contributed by atoms with E-state index in [2.05, 4.69) is 10.6 Å². The lowest BCUT2D eigenvalue weighted by molar-refractivity contribution is -0.150. The van der Waals surface area contributed by atoms with Gasteiger partial charge in [0.15, 0.2) is 5.12 Å². The quantitative estimate of drug-likeness (QED) is 0.187. The van der Waals surface area contributed by atoms with E-state index >= 15 is 0 Å². The van der Waals surface area contributed by atoms with E-state index in [-0.39, 0.29) is 36.4 Å². The Labute approximate surface area is 244 Å². The number of hydrogen-bond donors (Lipinski definition) is 2. The topological polar surface area (TPSA) is 154 Å². The summed E-state index contributed by atoms with van der Waals surface area (Å²) in [4.78, 5) is 74.8. The Balaban J connectivity index is 2.16. The van der Waals surface area contributed by atoms with Gasteiger partial charge in [-0.15, -0.1) is 0 Å². The Bertz CT molecular complexity index is 1100. The molecule has 41 heavy (non-hydrogen) atoms. The third kappa shape index (κ3) is 10.5. The van der Waals surface area contributed by atoms with Gasteiger partial charge in [0.1, 0.15) is 23.8 Å². The standard InChI is InChI=1S/C29H40N2O9S/c1-6-38-23(33)17-24(34)40-21-12-10-20(11-13-21)16-22(27(36)39-7-2)30-28(37)29(14-8-9-15-29)31-26(35)25(18(3)4)41-19(5)32/h10-13,18,22,25H,6-9,14-17H2,1-5H3,(H,30,37)(H,31,35)/t22-,25+/m0/s1. The first kappa shape index (κ1) is 33.8. The Kier molecular flexibility index (Phi) is 13.3. The van der Waals surface area contributed by atoms with E-state index < -0.39 is 53.0 Å². The number of nitrogens with one attached hydrogen (secondary N) is 2. The third-order valence-corrected chi connectivity index (χ3v) is 7.82. The molecule has 0 heterocycles. The fraction of sp³-hybridized carbons (Fsp3) is 0.586. The number of rotatable bonds is 14. The van der Waals surface area contributed by atoms with Gasteiger partial charge in [0.05, 0.1) is 18.5 Å². The zero-order valence-electron chi connectivity index (χ0n) is 24.3. The van der Waals surface area contributed by atoms with Crippen LogP contribution in [-0.2, 0) is 44.7 Å². The summed E-state index contributed by atoms with van der Waals surface area (Å²) >= 11 is 0.935. The Morgan fingerprint density at radius 3 is 2.07 bits per heavy atom. The van der Waals surface area contributed by atoms with Gasteiger partial charge in [0, 0.05) is 13.3 Å². The first-order chi connectivity index (χ1) is 19.4. The van der Waals surface area contributed by atoms with Crippen molar-refractivity contribution in [2.24, 2.45) is 5.92 Å². The predicted molar refractivity (Wildman–Crippen MR) is 152 cm³/mol. The normalized spacial score (nSPS) is 15.4. The number of hydrogen-bond acceptors (Lipinski definition) is 10. The molecule has 1 fully saturated rings. The number of benzene rings is 1. The van der Waals surface area contributed by atoms with Crippen LogP contribution in [0, 0.1) is 5.92 Å². The highest BCUT2D eigenvalue weighted by atomic mass is 32.2. The van der Waals surface area contributed by atoms with E-state index in [1.165, 1.54) is 19.1 Å². The van der Waals surface area contributed by atoms with Gasteiger partial charge < -0.3 is 24.8 Å². The molecule has 2 atom stereocenters. The molecule has 0 bridgehead atoms. The molecule has 0 unspecified atom stereocenters. The molecule has 11 nitrogen and oxygen atoms in total. The fourth-order valence-electron chi connectivity index (χ4n) is 4.52. The van der Waals surface area contributed by atoms with Crippen molar-refractivity contribution in [1.82, 2.24) is 10.6 Å². The Hall–Kier alpha value is -3.41. The molecule has 1 aromatic rings. The van der Waals surface area contributed by atoms with Gasteiger partial charge in [-0.2, -0.15) is 0 Å². The maximum absolute atomic E-state index is 13.6. The molecule has 1 aliphatic carbocycles. The Morgan fingerprint density at radius 1 is 0.927 bits per heavy atom. The molecular formula is C29H40N2O9S. The van der Waals surface area contributed by atoms with Gasteiger partial charge in [-0.25, -0.2) is 4.79 Å². The molecule has 2 amide bonds. The number of carbonyl (C=O) groups excluding carboxylic acids is 6. The van der Waals surface area contributed by atoms with Crippen molar-refractivity contribution in [2.75, 3.05) is 13.2 Å². The van der Waals surface area contributed by atoms with E-state index in [0.29, 0.717) is 18.4 Å². The van der Waals surface area contributed by atoms with Gasteiger partial charge >= 0.3 is 17.9 Å². The molecule has 2 N–H and O–H groups in total. The van der Waals surface area contributed by atoms with Crippen LogP contribution in [0.5, 0.6) is 5.75 Å². The van der Waals surface area contributed by atoms with E-state index in [4.69, 9.17) is 14.2 Å². The van der Waals surface area contributed by atoms with Gasteiger partial charge in [-0.1, -0.05) is 50.6 Å².